The third-order valence-corrected chi connectivity index (χ3v) is 3.65. The molecule has 1 aromatic carbocycles. The molecule has 0 bridgehead atoms. The van der Waals surface area contributed by atoms with Gasteiger partial charge in [-0.25, -0.2) is 4.68 Å². The first-order valence-electron chi connectivity index (χ1n) is 7.00. The summed E-state index contributed by atoms with van der Waals surface area (Å²) >= 11 is 0. The Hall–Kier alpha value is -2.63. The third kappa shape index (κ3) is 2.29. The fraction of sp³-hybridized carbons (Fsp3) is 0.267. The molecule has 1 aliphatic carbocycles. The number of benzene rings is 1. The van der Waals surface area contributed by atoms with Crippen LogP contribution in [-0.4, -0.2) is 19.9 Å². The summed E-state index contributed by atoms with van der Waals surface area (Å²) in [5, 5.41) is 6.88. The highest BCUT2D eigenvalue weighted by atomic mass is 16.5. The van der Waals surface area contributed by atoms with E-state index in [-0.39, 0.29) is 11.4 Å². The monoisotopic (exact) mass is 282 g/mol. The van der Waals surface area contributed by atoms with E-state index >= 15 is 0 Å². The number of hydrogen-bond donors (Lipinski definition) is 1. The fourth-order valence-electron chi connectivity index (χ4n) is 2.32. The number of aromatic amines is 1. The van der Waals surface area contributed by atoms with Crippen molar-refractivity contribution in [2.24, 2.45) is 5.92 Å². The van der Waals surface area contributed by atoms with Crippen LogP contribution in [-0.2, 0) is 6.42 Å². The molecule has 6 heteroatoms. The summed E-state index contributed by atoms with van der Waals surface area (Å²) in [6, 6.07) is 9.37. The second kappa shape index (κ2) is 4.73. The van der Waals surface area contributed by atoms with Gasteiger partial charge in [0.15, 0.2) is 5.82 Å². The lowest BCUT2D eigenvalue weighted by Crippen LogP contribution is -2.15. The van der Waals surface area contributed by atoms with Gasteiger partial charge in [-0.05, 0) is 30.9 Å². The highest BCUT2D eigenvalue weighted by Gasteiger charge is 2.25. The molecule has 0 saturated heterocycles. The van der Waals surface area contributed by atoms with Crippen LogP contribution in [0.1, 0.15) is 18.7 Å². The summed E-state index contributed by atoms with van der Waals surface area (Å²) in [6.07, 6.45) is 4.90. The van der Waals surface area contributed by atoms with Crippen molar-refractivity contribution in [1.29, 1.82) is 0 Å². The van der Waals surface area contributed by atoms with Crippen LogP contribution >= 0.6 is 0 Å². The molecule has 2 aromatic heterocycles. The van der Waals surface area contributed by atoms with Crippen molar-refractivity contribution in [2.45, 2.75) is 19.3 Å². The molecule has 0 amide bonds. The summed E-state index contributed by atoms with van der Waals surface area (Å²) in [5.41, 5.74) is 0.975. The number of para-hydroxylation sites is 1. The largest absolute Gasteiger partial charge is 0.334 e. The Morgan fingerprint density at radius 2 is 2.10 bits per heavy atom. The minimum absolute atomic E-state index is 0.192. The predicted octanol–water partition coefficient (Wildman–Crippen LogP) is 2.17. The summed E-state index contributed by atoms with van der Waals surface area (Å²) in [7, 11) is 0. The molecule has 0 spiro atoms. The quantitative estimate of drug-likeness (QED) is 0.795. The Labute approximate surface area is 120 Å². The molecule has 0 unspecified atom stereocenters. The van der Waals surface area contributed by atoms with Crippen LogP contribution in [0.5, 0.6) is 0 Å². The molecular weight excluding hydrogens is 268 g/mol. The van der Waals surface area contributed by atoms with Crippen molar-refractivity contribution in [1.82, 2.24) is 19.9 Å². The maximum absolute atomic E-state index is 12.4. The summed E-state index contributed by atoms with van der Waals surface area (Å²) in [4.78, 5) is 16.7. The lowest BCUT2D eigenvalue weighted by Gasteiger charge is -1.98. The molecule has 1 fully saturated rings. The van der Waals surface area contributed by atoms with E-state index in [4.69, 9.17) is 4.52 Å². The van der Waals surface area contributed by atoms with Crippen molar-refractivity contribution >= 4 is 0 Å². The molecule has 0 atom stereocenters. The van der Waals surface area contributed by atoms with E-state index in [0.29, 0.717) is 17.3 Å². The molecule has 4 rings (SSSR count). The first kappa shape index (κ1) is 12.1. The molecule has 1 aliphatic rings. The zero-order valence-corrected chi connectivity index (χ0v) is 11.3. The zero-order chi connectivity index (χ0) is 14.2. The minimum Gasteiger partial charge on any atom is -0.334 e. The number of nitrogens with one attached hydrogen (secondary N) is 1. The van der Waals surface area contributed by atoms with E-state index in [1.165, 1.54) is 17.5 Å². The van der Waals surface area contributed by atoms with Gasteiger partial charge in [0.2, 0.25) is 0 Å². The Morgan fingerprint density at radius 3 is 2.86 bits per heavy atom. The van der Waals surface area contributed by atoms with E-state index in [1.54, 1.807) is 6.20 Å². The van der Waals surface area contributed by atoms with Crippen LogP contribution in [0.3, 0.4) is 0 Å². The van der Waals surface area contributed by atoms with Crippen molar-refractivity contribution in [3.05, 3.63) is 52.7 Å². The Bertz CT molecular complexity index is 812. The van der Waals surface area contributed by atoms with Crippen LogP contribution < -0.4 is 5.56 Å². The molecule has 106 valence electrons. The van der Waals surface area contributed by atoms with E-state index in [1.807, 2.05) is 30.3 Å². The first-order chi connectivity index (χ1) is 10.3. The van der Waals surface area contributed by atoms with Gasteiger partial charge in [0.05, 0.1) is 5.69 Å². The van der Waals surface area contributed by atoms with Gasteiger partial charge < -0.3 is 4.52 Å². The maximum Gasteiger partial charge on any atom is 0.284 e. The van der Waals surface area contributed by atoms with Crippen LogP contribution in [0, 0.1) is 5.92 Å². The zero-order valence-electron chi connectivity index (χ0n) is 11.3. The fourth-order valence-corrected chi connectivity index (χ4v) is 2.32. The van der Waals surface area contributed by atoms with E-state index < -0.39 is 0 Å². The molecular formula is C15H14N4O2. The van der Waals surface area contributed by atoms with E-state index in [2.05, 4.69) is 15.2 Å². The van der Waals surface area contributed by atoms with E-state index in [0.717, 1.165) is 12.1 Å². The topological polar surface area (TPSA) is 76.7 Å². The van der Waals surface area contributed by atoms with Gasteiger partial charge in [0, 0.05) is 12.6 Å². The average Bonchev–Trinajstić information content (AvgIpc) is 3.06. The van der Waals surface area contributed by atoms with Gasteiger partial charge in [-0.3, -0.25) is 9.89 Å². The van der Waals surface area contributed by atoms with Gasteiger partial charge in [0.25, 0.3) is 11.4 Å². The van der Waals surface area contributed by atoms with Gasteiger partial charge in [-0.1, -0.05) is 23.4 Å². The molecule has 1 saturated carbocycles. The molecule has 2 heterocycles. The second-order valence-electron chi connectivity index (χ2n) is 5.33. The molecule has 0 aliphatic heterocycles. The lowest BCUT2D eigenvalue weighted by molar-refractivity contribution is 0.420. The normalized spacial score (nSPS) is 14.5. The SMILES string of the molecule is O=c1c(-c2nc(CC3CC3)no2)c[nH]n1-c1ccccc1. The van der Waals surface area contributed by atoms with Crippen LogP contribution in [0.25, 0.3) is 17.1 Å². The summed E-state index contributed by atoms with van der Waals surface area (Å²) in [5.74, 6) is 1.64. The number of rotatable bonds is 4. The van der Waals surface area contributed by atoms with E-state index in [9.17, 15) is 4.79 Å². The van der Waals surface area contributed by atoms with Crippen molar-refractivity contribution in [3.8, 4) is 17.1 Å². The standard InChI is InChI=1S/C15H14N4O2/c20-15-12(9-16-19(15)11-4-2-1-3-5-11)14-17-13(18-21-14)8-10-6-7-10/h1-5,9-10,16H,6-8H2. The van der Waals surface area contributed by atoms with Gasteiger partial charge in [-0.2, -0.15) is 4.98 Å². The van der Waals surface area contributed by atoms with Gasteiger partial charge in [-0.15, -0.1) is 0 Å². The smallest absolute Gasteiger partial charge is 0.284 e. The minimum atomic E-state index is -0.192. The summed E-state index contributed by atoms with van der Waals surface area (Å²) < 4.78 is 6.67. The van der Waals surface area contributed by atoms with Crippen molar-refractivity contribution < 1.29 is 4.52 Å². The Kier molecular flexibility index (Phi) is 2.73. The third-order valence-electron chi connectivity index (χ3n) is 3.65. The lowest BCUT2D eigenvalue weighted by atomic mass is 10.3. The number of nitrogens with zero attached hydrogens (tertiary/aromatic N) is 3. The molecule has 3 aromatic rings. The molecule has 6 nitrogen and oxygen atoms in total. The maximum atomic E-state index is 12.4. The van der Waals surface area contributed by atoms with Crippen molar-refractivity contribution in [3.63, 3.8) is 0 Å². The second-order valence-corrected chi connectivity index (χ2v) is 5.33. The number of aromatic nitrogens is 4. The predicted molar refractivity (Wildman–Crippen MR) is 76.1 cm³/mol. The first-order valence-corrected chi connectivity index (χ1v) is 7.00. The summed E-state index contributed by atoms with van der Waals surface area (Å²) in [6.45, 7) is 0. The van der Waals surface area contributed by atoms with Gasteiger partial charge in [0.1, 0.15) is 5.56 Å². The highest BCUT2D eigenvalue weighted by Crippen LogP contribution is 2.32. The number of hydrogen-bond acceptors (Lipinski definition) is 4. The van der Waals surface area contributed by atoms with Crippen LogP contribution in [0.15, 0.2) is 45.8 Å². The van der Waals surface area contributed by atoms with Crippen molar-refractivity contribution in [2.75, 3.05) is 0 Å². The molecule has 0 radical (unpaired) electrons. The van der Waals surface area contributed by atoms with Gasteiger partial charge >= 0.3 is 0 Å². The Balaban J connectivity index is 1.68. The van der Waals surface area contributed by atoms with Crippen LogP contribution in [0.4, 0.5) is 0 Å². The highest BCUT2D eigenvalue weighted by molar-refractivity contribution is 5.51. The average molecular weight is 282 g/mol. The molecule has 1 N–H and O–H groups in total. The molecule has 21 heavy (non-hydrogen) atoms. The van der Waals surface area contributed by atoms with Crippen LogP contribution in [0.2, 0.25) is 0 Å². The number of H-pyrrole nitrogens is 1. The Morgan fingerprint density at radius 1 is 1.29 bits per heavy atom.